The largest absolute Gasteiger partial charge is 0.508 e. The second-order valence-electron chi connectivity index (χ2n) is 15.6. The Kier molecular flexibility index (Phi) is 13.2. The highest BCUT2D eigenvalue weighted by atomic mass is 19.1. The normalized spacial score (nSPS) is 28.0. The highest BCUT2D eigenvalue weighted by Gasteiger charge is 2.59. The van der Waals surface area contributed by atoms with Gasteiger partial charge in [-0.3, -0.25) is 4.79 Å². The molecule has 1 amide bonds. The molecule has 0 unspecified atom stereocenters. The number of aryl methyl sites for hydroxylation is 1. The molecule has 2 N–H and O–H groups in total. The molecule has 2 aromatic rings. The van der Waals surface area contributed by atoms with Gasteiger partial charge in [0.05, 0.1) is 6.10 Å². The summed E-state index contributed by atoms with van der Waals surface area (Å²) < 4.78 is 16.1. The van der Waals surface area contributed by atoms with Gasteiger partial charge in [-0.2, -0.15) is 0 Å². The van der Waals surface area contributed by atoms with Crippen molar-refractivity contribution in [3.05, 3.63) is 65.2 Å². The van der Waals surface area contributed by atoms with Gasteiger partial charge >= 0.3 is 0 Å². The Morgan fingerprint density at radius 2 is 1.62 bits per heavy atom. The van der Waals surface area contributed by atoms with Crippen LogP contribution in [0.5, 0.6) is 5.75 Å². The molecule has 260 valence electrons. The van der Waals surface area contributed by atoms with Crippen LogP contribution in [0, 0.1) is 23.2 Å². The second-order valence-corrected chi connectivity index (χ2v) is 15.6. The van der Waals surface area contributed by atoms with Crippen molar-refractivity contribution in [3.63, 3.8) is 0 Å². The number of aliphatic hydroxyl groups is 1. The summed E-state index contributed by atoms with van der Waals surface area (Å²) in [7, 11) is 0. The Morgan fingerprint density at radius 1 is 0.915 bits per heavy atom. The van der Waals surface area contributed by atoms with E-state index in [0.29, 0.717) is 30.6 Å². The summed E-state index contributed by atoms with van der Waals surface area (Å²) >= 11 is 0. The lowest BCUT2D eigenvalue weighted by Gasteiger charge is -2.54. The number of fused-ring (bicyclic) bond motifs is 5. The van der Waals surface area contributed by atoms with Crippen LogP contribution in [0.25, 0.3) is 0 Å². The van der Waals surface area contributed by atoms with Crippen molar-refractivity contribution >= 4 is 5.91 Å². The van der Waals surface area contributed by atoms with Crippen LogP contribution >= 0.6 is 0 Å². The number of aromatic hydroxyl groups is 1. The van der Waals surface area contributed by atoms with E-state index in [9.17, 15) is 15.0 Å². The fourth-order valence-corrected chi connectivity index (χ4v) is 9.79. The fourth-order valence-electron chi connectivity index (χ4n) is 9.79. The Bertz CT molecular complexity index is 1250. The van der Waals surface area contributed by atoms with E-state index in [1.807, 2.05) is 18.2 Å². The number of amides is 1. The molecule has 5 heteroatoms. The molecule has 2 saturated carbocycles. The maximum atomic E-state index is 16.1. The molecule has 0 spiro atoms. The van der Waals surface area contributed by atoms with Gasteiger partial charge in [0.15, 0.2) is 0 Å². The first-order valence-corrected chi connectivity index (χ1v) is 19.3. The summed E-state index contributed by atoms with van der Waals surface area (Å²) in [6, 6.07) is 16.0. The number of phenolic OH excluding ortho intramolecular Hbond substituents is 1. The average Bonchev–Trinajstić information content (AvgIpc) is 3.36. The monoisotopic (exact) mass is 647 g/mol. The fraction of sp³-hybridized carbons (Fsp3) is 0.690. The molecule has 0 heterocycles. The van der Waals surface area contributed by atoms with E-state index in [-0.39, 0.29) is 23.0 Å². The molecular formula is C42H62FNO3. The highest BCUT2D eigenvalue weighted by Crippen LogP contribution is 2.63. The Hall–Kier alpha value is -2.40. The quantitative estimate of drug-likeness (QED) is 0.158. The smallest absolute Gasteiger partial charge is 0.222 e. The number of carbonyl (C=O) groups is 1. The SMILES string of the molecule is CCCCCCCCN(CCCCCC[C@@H]1Cc2cc(O)ccc2[C@@H]2[C@@H]1[C@@H]1CC[C@H](O)[C@@]1(C)C[C@@H]2F)C(=O)CCCc1ccccc1. The molecule has 47 heavy (non-hydrogen) atoms. The lowest BCUT2D eigenvalue weighted by atomic mass is 9.51. The molecule has 0 radical (unpaired) electrons. The van der Waals surface area contributed by atoms with Crippen molar-refractivity contribution in [2.24, 2.45) is 23.2 Å². The number of halogens is 1. The van der Waals surface area contributed by atoms with Crippen LogP contribution < -0.4 is 0 Å². The maximum absolute atomic E-state index is 16.1. The predicted octanol–water partition coefficient (Wildman–Crippen LogP) is 9.95. The third kappa shape index (κ3) is 8.99. The lowest BCUT2D eigenvalue weighted by molar-refractivity contribution is -0.131. The van der Waals surface area contributed by atoms with E-state index in [1.54, 1.807) is 6.07 Å². The third-order valence-corrected chi connectivity index (χ3v) is 12.4. The lowest BCUT2D eigenvalue weighted by Crippen LogP contribution is -2.51. The summed E-state index contributed by atoms with van der Waals surface area (Å²) in [6.45, 7) is 6.12. The first-order chi connectivity index (χ1) is 22.8. The van der Waals surface area contributed by atoms with Gasteiger partial charge in [-0.25, -0.2) is 4.39 Å². The van der Waals surface area contributed by atoms with Crippen molar-refractivity contribution in [2.75, 3.05) is 13.1 Å². The Labute approximate surface area is 284 Å². The Morgan fingerprint density at radius 3 is 2.36 bits per heavy atom. The van der Waals surface area contributed by atoms with Gasteiger partial charge < -0.3 is 15.1 Å². The van der Waals surface area contributed by atoms with Crippen LogP contribution in [0.3, 0.4) is 0 Å². The number of aliphatic hydroxyl groups excluding tert-OH is 1. The van der Waals surface area contributed by atoms with Gasteiger partial charge in [0.2, 0.25) is 5.91 Å². The maximum Gasteiger partial charge on any atom is 0.222 e. The molecule has 3 aliphatic carbocycles. The van der Waals surface area contributed by atoms with Crippen LogP contribution in [-0.2, 0) is 17.6 Å². The number of alkyl halides is 1. The molecule has 7 atom stereocenters. The minimum atomic E-state index is -0.956. The zero-order valence-electron chi connectivity index (χ0n) is 29.4. The molecule has 0 bridgehead atoms. The van der Waals surface area contributed by atoms with Crippen LogP contribution in [-0.4, -0.2) is 46.4 Å². The minimum absolute atomic E-state index is 0.129. The molecule has 2 aromatic carbocycles. The molecule has 2 fully saturated rings. The molecular weight excluding hydrogens is 585 g/mol. The molecule has 5 rings (SSSR count). The van der Waals surface area contributed by atoms with E-state index in [2.05, 4.69) is 43.0 Å². The molecule has 0 saturated heterocycles. The van der Waals surface area contributed by atoms with Crippen molar-refractivity contribution in [1.82, 2.24) is 4.90 Å². The first kappa shape index (κ1) is 35.9. The molecule has 3 aliphatic rings. The first-order valence-electron chi connectivity index (χ1n) is 19.3. The van der Waals surface area contributed by atoms with Gasteiger partial charge in [-0.05, 0) is 110 Å². The zero-order valence-corrected chi connectivity index (χ0v) is 29.4. The van der Waals surface area contributed by atoms with E-state index >= 15 is 4.39 Å². The Balaban J connectivity index is 1.13. The second kappa shape index (κ2) is 17.3. The summed E-state index contributed by atoms with van der Waals surface area (Å²) in [6.07, 6.45) is 17.1. The molecule has 0 aromatic heterocycles. The van der Waals surface area contributed by atoms with Gasteiger partial charge in [-0.15, -0.1) is 0 Å². The van der Waals surface area contributed by atoms with Gasteiger partial charge in [0, 0.05) is 25.4 Å². The van der Waals surface area contributed by atoms with E-state index in [0.717, 1.165) is 94.8 Å². The zero-order chi connectivity index (χ0) is 33.2. The topological polar surface area (TPSA) is 60.8 Å². The summed E-state index contributed by atoms with van der Waals surface area (Å²) in [4.78, 5) is 15.5. The summed E-state index contributed by atoms with van der Waals surface area (Å²) in [5.74, 6) is 1.43. The number of carbonyl (C=O) groups excluding carboxylic acids is 1. The van der Waals surface area contributed by atoms with E-state index < -0.39 is 12.3 Å². The number of rotatable bonds is 18. The third-order valence-electron chi connectivity index (χ3n) is 12.4. The minimum Gasteiger partial charge on any atom is -0.508 e. The van der Waals surface area contributed by atoms with Crippen LogP contribution in [0.2, 0.25) is 0 Å². The number of phenols is 1. The van der Waals surface area contributed by atoms with Crippen LogP contribution in [0.4, 0.5) is 4.39 Å². The molecule has 0 aliphatic heterocycles. The number of hydrogen-bond acceptors (Lipinski definition) is 3. The number of hydrogen-bond donors (Lipinski definition) is 2. The predicted molar refractivity (Wildman–Crippen MR) is 190 cm³/mol. The van der Waals surface area contributed by atoms with E-state index in [4.69, 9.17) is 0 Å². The van der Waals surface area contributed by atoms with Gasteiger partial charge in [0.25, 0.3) is 0 Å². The van der Waals surface area contributed by atoms with Crippen molar-refractivity contribution in [3.8, 4) is 5.75 Å². The molecule has 4 nitrogen and oxygen atoms in total. The number of nitrogens with zero attached hydrogens (tertiary/aromatic N) is 1. The van der Waals surface area contributed by atoms with Gasteiger partial charge in [-0.1, -0.05) is 102 Å². The van der Waals surface area contributed by atoms with Crippen LogP contribution in [0.15, 0.2) is 48.5 Å². The van der Waals surface area contributed by atoms with Gasteiger partial charge in [0.1, 0.15) is 11.9 Å². The van der Waals surface area contributed by atoms with Crippen LogP contribution in [0.1, 0.15) is 139 Å². The number of benzene rings is 2. The summed E-state index contributed by atoms with van der Waals surface area (Å²) in [5.41, 5.74) is 3.19. The van der Waals surface area contributed by atoms with Crippen molar-refractivity contribution in [1.29, 1.82) is 0 Å². The number of unbranched alkanes of at least 4 members (excludes halogenated alkanes) is 8. The van der Waals surface area contributed by atoms with Crippen molar-refractivity contribution in [2.45, 2.75) is 148 Å². The average molecular weight is 648 g/mol. The highest BCUT2D eigenvalue weighted by molar-refractivity contribution is 5.76. The standard InChI is InChI=1S/C42H62FNO3/c1-3-4-5-6-8-14-26-44(39(47)21-16-19-31-17-11-10-12-18-31)27-15-9-7-13-20-32-28-33-29-34(45)22-23-35(33)41-37(43)30-42(2)36(40(32)41)24-25-38(42)46/h10-12,17-18,22-23,29,32,36-38,40-41,45-46H,3-9,13-16,19-21,24-28,30H2,1-2H3/t32-,36+,37+,38+,40+,41+,42+/m1/s1. The summed E-state index contributed by atoms with van der Waals surface area (Å²) in [5, 5.41) is 21.2. The van der Waals surface area contributed by atoms with Crippen molar-refractivity contribution < 1.29 is 19.4 Å². The van der Waals surface area contributed by atoms with E-state index in [1.165, 1.54) is 37.7 Å².